The first-order valence-corrected chi connectivity index (χ1v) is 3.61. The van der Waals surface area contributed by atoms with Crippen LogP contribution in [0.3, 0.4) is 0 Å². The lowest BCUT2D eigenvalue weighted by Gasteiger charge is -2.13. The van der Waals surface area contributed by atoms with Crippen molar-refractivity contribution < 1.29 is 4.74 Å². The number of hydrogen-bond acceptors (Lipinski definition) is 2. The predicted molar refractivity (Wildman–Crippen MR) is 40.5 cm³/mol. The van der Waals surface area contributed by atoms with Gasteiger partial charge in [0.15, 0.2) is 0 Å². The molecule has 0 bridgehead atoms. The van der Waals surface area contributed by atoms with Gasteiger partial charge >= 0.3 is 0 Å². The summed E-state index contributed by atoms with van der Waals surface area (Å²) in [6.07, 6.45) is 0.817. The van der Waals surface area contributed by atoms with Crippen molar-refractivity contribution in [3.8, 4) is 6.07 Å². The van der Waals surface area contributed by atoms with E-state index in [0.717, 1.165) is 13.0 Å². The third-order valence-corrected chi connectivity index (χ3v) is 1.38. The van der Waals surface area contributed by atoms with Crippen LogP contribution in [-0.4, -0.2) is 13.2 Å². The molecule has 58 valence electrons. The predicted octanol–water partition coefficient (Wildman–Crippen LogP) is 1.96. The minimum absolute atomic E-state index is 0.227. The molecule has 0 aromatic rings. The van der Waals surface area contributed by atoms with Crippen molar-refractivity contribution in [3.63, 3.8) is 0 Å². The van der Waals surface area contributed by atoms with Crippen molar-refractivity contribution in [2.24, 2.45) is 5.41 Å². The molecular weight excluding hydrogens is 126 g/mol. The van der Waals surface area contributed by atoms with Gasteiger partial charge in [0.25, 0.3) is 0 Å². The van der Waals surface area contributed by atoms with Crippen molar-refractivity contribution in [1.29, 1.82) is 5.26 Å². The van der Waals surface area contributed by atoms with Gasteiger partial charge in [-0.1, -0.05) is 0 Å². The lowest BCUT2D eigenvalue weighted by molar-refractivity contribution is 0.126. The van der Waals surface area contributed by atoms with E-state index in [4.69, 9.17) is 10.00 Å². The maximum absolute atomic E-state index is 8.59. The van der Waals surface area contributed by atoms with Gasteiger partial charge in [0, 0.05) is 13.2 Å². The van der Waals surface area contributed by atoms with Crippen LogP contribution in [0.5, 0.6) is 0 Å². The second kappa shape index (κ2) is 4.29. The Morgan fingerprint density at radius 3 is 2.50 bits per heavy atom. The van der Waals surface area contributed by atoms with E-state index < -0.39 is 0 Å². The molecule has 0 atom stereocenters. The highest BCUT2D eigenvalue weighted by molar-refractivity contribution is 4.91. The molecule has 0 radical (unpaired) electrons. The molecule has 0 aromatic carbocycles. The topological polar surface area (TPSA) is 33.0 Å². The summed E-state index contributed by atoms with van der Waals surface area (Å²) in [7, 11) is 0. The fraction of sp³-hybridized carbons (Fsp3) is 0.875. The third-order valence-electron chi connectivity index (χ3n) is 1.38. The van der Waals surface area contributed by atoms with Crippen LogP contribution in [0, 0.1) is 16.7 Å². The first-order chi connectivity index (χ1) is 4.62. The van der Waals surface area contributed by atoms with Crippen LogP contribution in [0.4, 0.5) is 0 Å². The van der Waals surface area contributed by atoms with E-state index in [0.29, 0.717) is 6.61 Å². The number of nitrogens with zero attached hydrogens (tertiary/aromatic N) is 1. The quantitative estimate of drug-likeness (QED) is 0.561. The highest BCUT2D eigenvalue weighted by Crippen LogP contribution is 2.17. The molecule has 10 heavy (non-hydrogen) atoms. The average molecular weight is 141 g/mol. The summed E-state index contributed by atoms with van der Waals surface area (Å²) in [5, 5.41) is 8.59. The first kappa shape index (κ1) is 9.45. The van der Waals surface area contributed by atoms with Gasteiger partial charge < -0.3 is 4.74 Å². The minimum Gasteiger partial charge on any atom is -0.382 e. The SMILES string of the molecule is CCOCCC(C)(C)C#N. The lowest BCUT2D eigenvalue weighted by Crippen LogP contribution is -2.11. The van der Waals surface area contributed by atoms with Gasteiger partial charge in [0.05, 0.1) is 11.5 Å². The van der Waals surface area contributed by atoms with E-state index in [1.54, 1.807) is 0 Å². The Morgan fingerprint density at radius 2 is 2.10 bits per heavy atom. The molecule has 0 aromatic heterocycles. The molecule has 0 saturated heterocycles. The fourth-order valence-electron chi connectivity index (χ4n) is 0.528. The van der Waals surface area contributed by atoms with Gasteiger partial charge in [-0.2, -0.15) is 5.26 Å². The highest BCUT2D eigenvalue weighted by atomic mass is 16.5. The van der Waals surface area contributed by atoms with E-state index in [-0.39, 0.29) is 5.41 Å². The van der Waals surface area contributed by atoms with Gasteiger partial charge in [-0.25, -0.2) is 0 Å². The molecule has 0 aliphatic heterocycles. The number of rotatable bonds is 4. The van der Waals surface area contributed by atoms with Gasteiger partial charge in [-0.3, -0.25) is 0 Å². The molecule has 0 rings (SSSR count). The Bertz CT molecular complexity index is 124. The molecule has 2 heteroatoms. The Hall–Kier alpha value is -0.550. The molecule has 0 N–H and O–H groups in total. The van der Waals surface area contributed by atoms with Crippen molar-refractivity contribution in [2.75, 3.05) is 13.2 Å². The molecule has 0 aliphatic rings. The van der Waals surface area contributed by atoms with Crippen LogP contribution in [0.1, 0.15) is 27.2 Å². The van der Waals surface area contributed by atoms with Gasteiger partial charge in [-0.05, 0) is 27.2 Å². The summed E-state index contributed by atoms with van der Waals surface area (Å²) < 4.78 is 5.12. The maximum atomic E-state index is 8.59. The molecule has 0 aliphatic carbocycles. The molecule has 0 fully saturated rings. The number of nitriles is 1. The van der Waals surface area contributed by atoms with Crippen LogP contribution in [0.15, 0.2) is 0 Å². The van der Waals surface area contributed by atoms with Gasteiger partial charge in [-0.15, -0.1) is 0 Å². The average Bonchev–Trinajstić information content (AvgIpc) is 1.89. The van der Waals surface area contributed by atoms with E-state index in [1.165, 1.54) is 0 Å². The van der Waals surface area contributed by atoms with Crippen LogP contribution in [0.25, 0.3) is 0 Å². The summed E-state index contributed by atoms with van der Waals surface area (Å²) in [4.78, 5) is 0. The summed E-state index contributed by atoms with van der Waals surface area (Å²) in [6.45, 7) is 7.23. The van der Waals surface area contributed by atoms with Crippen molar-refractivity contribution in [2.45, 2.75) is 27.2 Å². The zero-order chi connectivity index (χ0) is 8.04. The molecule has 2 nitrogen and oxygen atoms in total. The minimum atomic E-state index is -0.227. The van der Waals surface area contributed by atoms with Crippen molar-refractivity contribution in [3.05, 3.63) is 0 Å². The maximum Gasteiger partial charge on any atom is 0.0684 e. The van der Waals surface area contributed by atoms with E-state index in [2.05, 4.69) is 6.07 Å². The second-order valence-electron chi connectivity index (χ2n) is 2.94. The summed E-state index contributed by atoms with van der Waals surface area (Å²) >= 11 is 0. The molecule has 0 unspecified atom stereocenters. The highest BCUT2D eigenvalue weighted by Gasteiger charge is 2.15. The van der Waals surface area contributed by atoms with Crippen LogP contribution in [0.2, 0.25) is 0 Å². The Labute approximate surface area is 62.8 Å². The summed E-state index contributed by atoms with van der Waals surface area (Å²) in [5.74, 6) is 0. The fourth-order valence-corrected chi connectivity index (χ4v) is 0.528. The van der Waals surface area contributed by atoms with Gasteiger partial charge in [0.1, 0.15) is 0 Å². The van der Waals surface area contributed by atoms with E-state index in [9.17, 15) is 0 Å². The summed E-state index contributed by atoms with van der Waals surface area (Å²) in [5.41, 5.74) is -0.227. The van der Waals surface area contributed by atoms with Crippen LogP contribution >= 0.6 is 0 Å². The zero-order valence-electron chi connectivity index (χ0n) is 6.98. The number of ether oxygens (including phenoxy) is 1. The third kappa shape index (κ3) is 4.34. The standard InChI is InChI=1S/C8H15NO/c1-4-10-6-5-8(2,3)7-9/h4-6H2,1-3H3. The van der Waals surface area contributed by atoms with Crippen LogP contribution < -0.4 is 0 Å². The van der Waals surface area contributed by atoms with Crippen molar-refractivity contribution >= 4 is 0 Å². The molecule has 0 saturated carbocycles. The largest absolute Gasteiger partial charge is 0.382 e. The Kier molecular flexibility index (Phi) is 4.06. The number of hydrogen-bond donors (Lipinski definition) is 0. The molecule has 0 heterocycles. The smallest absolute Gasteiger partial charge is 0.0684 e. The molecule has 0 amide bonds. The molecular formula is C8H15NO. The van der Waals surface area contributed by atoms with Gasteiger partial charge in [0.2, 0.25) is 0 Å². The second-order valence-corrected chi connectivity index (χ2v) is 2.94. The van der Waals surface area contributed by atoms with E-state index >= 15 is 0 Å². The summed E-state index contributed by atoms with van der Waals surface area (Å²) in [6, 6.07) is 2.22. The zero-order valence-corrected chi connectivity index (χ0v) is 6.98. The van der Waals surface area contributed by atoms with Crippen molar-refractivity contribution in [1.82, 2.24) is 0 Å². The Balaban J connectivity index is 3.40. The lowest BCUT2D eigenvalue weighted by atomic mass is 9.92. The van der Waals surface area contributed by atoms with E-state index in [1.807, 2.05) is 20.8 Å². The van der Waals surface area contributed by atoms with Crippen LogP contribution in [-0.2, 0) is 4.74 Å². The molecule has 0 spiro atoms. The Morgan fingerprint density at radius 1 is 1.50 bits per heavy atom. The first-order valence-electron chi connectivity index (χ1n) is 3.61. The monoisotopic (exact) mass is 141 g/mol. The normalized spacial score (nSPS) is 11.0.